The fourth-order valence-corrected chi connectivity index (χ4v) is 3.60. The molecule has 0 saturated carbocycles. The summed E-state index contributed by atoms with van der Waals surface area (Å²) in [4.78, 5) is 18.7. The van der Waals surface area contributed by atoms with E-state index >= 15 is 0 Å². The molecule has 4 rings (SSSR count). The fraction of sp³-hybridized carbons (Fsp3) is 0.0909. The highest BCUT2D eigenvalue weighted by molar-refractivity contribution is 7.13. The van der Waals surface area contributed by atoms with Gasteiger partial charge in [0.15, 0.2) is 0 Å². The number of nitrogens with one attached hydrogen (secondary N) is 1. The van der Waals surface area contributed by atoms with Gasteiger partial charge in [-0.2, -0.15) is 0 Å². The number of ether oxygens (including phenoxy) is 1. The molecule has 0 unspecified atom stereocenters. The summed E-state index contributed by atoms with van der Waals surface area (Å²) in [6.07, 6.45) is 0. The topological polar surface area (TPSA) is 51.2 Å². The van der Waals surface area contributed by atoms with Crippen LogP contribution < -0.4 is 10.1 Å². The van der Waals surface area contributed by atoms with Crippen molar-refractivity contribution in [2.45, 2.75) is 6.92 Å². The monoisotopic (exact) mass is 374 g/mol. The Labute approximate surface area is 161 Å². The van der Waals surface area contributed by atoms with Crippen molar-refractivity contribution < 1.29 is 9.53 Å². The number of thiophene rings is 1. The van der Waals surface area contributed by atoms with E-state index in [1.165, 1.54) is 0 Å². The van der Waals surface area contributed by atoms with Gasteiger partial charge in [0.05, 0.1) is 28.3 Å². The Morgan fingerprint density at radius 2 is 1.89 bits per heavy atom. The van der Waals surface area contributed by atoms with Gasteiger partial charge in [0.2, 0.25) is 0 Å². The first-order valence-corrected chi connectivity index (χ1v) is 9.60. The normalized spacial score (nSPS) is 10.7. The minimum absolute atomic E-state index is 0.157. The molecule has 0 aliphatic carbocycles. The summed E-state index contributed by atoms with van der Waals surface area (Å²) < 4.78 is 5.45. The van der Waals surface area contributed by atoms with E-state index in [9.17, 15) is 4.79 Å². The zero-order chi connectivity index (χ0) is 18.6. The van der Waals surface area contributed by atoms with E-state index in [1.807, 2.05) is 79.0 Å². The highest BCUT2D eigenvalue weighted by Gasteiger charge is 2.14. The zero-order valence-corrected chi connectivity index (χ0v) is 15.6. The van der Waals surface area contributed by atoms with Crippen LogP contribution in [0.4, 0.5) is 5.69 Å². The molecule has 0 radical (unpaired) electrons. The summed E-state index contributed by atoms with van der Waals surface area (Å²) in [5.74, 6) is 0.625. The van der Waals surface area contributed by atoms with Gasteiger partial charge in [-0.1, -0.05) is 24.3 Å². The van der Waals surface area contributed by atoms with Crippen LogP contribution >= 0.6 is 11.3 Å². The molecular weight excluding hydrogens is 356 g/mol. The molecule has 2 heterocycles. The number of fused-ring (bicyclic) bond motifs is 1. The third-order valence-electron chi connectivity index (χ3n) is 4.16. The third kappa shape index (κ3) is 3.68. The summed E-state index contributed by atoms with van der Waals surface area (Å²) in [5, 5.41) is 5.81. The molecule has 4 aromatic rings. The first-order valence-electron chi connectivity index (χ1n) is 8.72. The van der Waals surface area contributed by atoms with E-state index < -0.39 is 0 Å². The lowest BCUT2D eigenvalue weighted by molar-refractivity contribution is 0.102. The molecule has 0 aliphatic heterocycles. The molecule has 1 amide bonds. The van der Waals surface area contributed by atoms with Crippen molar-refractivity contribution in [2.24, 2.45) is 0 Å². The number of para-hydroxylation sites is 1. The van der Waals surface area contributed by atoms with Crippen LogP contribution in [0.3, 0.4) is 0 Å². The molecule has 0 fully saturated rings. The highest BCUT2D eigenvalue weighted by Crippen LogP contribution is 2.28. The standard InChI is InChI=1S/C22H18N2O2S/c1-2-26-16-11-9-15(10-12-16)23-22(25)18-14-20(21-8-5-13-27-21)24-19-7-4-3-6-17(18)19/h3-14H,2H2,1H3,(H,23,25). The minimum Gasteiger partial charge on any atom is -0.494 e. The van der Waals surface area contributed by atoms with Gasteiger partial charge in [0.25, 0.3) is 5.91 Å². The predicted molar refractivity (Wildman–Crippen MR) is 111 cm³/mol. The van der Waals surface area contributed by atoms with Crippen molar-refractivity contribution in [2.75, 3.05) is 11.9 Å². The lowest BCUT2D eigenvalue weighted by atomic mass is 10.1. The number of nitrogens with zero attached hydrogens (tertiary/aromatic N) is 1. The Morgan fingerprint density at radius 1 is 1.07 bits per heavy atom. The van der Waals surface area contributed by atoms with Crippen LogP contribution in [-0.4, -0.2) is 17.5 Å². The Balaban J connectivity index is 1.70. The number of pyridine rings is 1. The Bertz CT molecular complexity index is 1070. The van der Waals surface area contributed by atoms with Crippen molar-refractivity contribution >= 4 is 33.8 Å². The first-order chi connectivity index (χ1) is 13.2. The van der Waals surface area contributed by atoms with E-state index in [1.54, 1.807) is 11.3 Å². The second kappa shape index (κ2) is 7.60. The number of anilines is 1. The first kappa shape index (κ1) is 17.2. The summed E-state index contributed by atoms with van der Waals surface area (Å²) in [7, 11) is 0. The average Bonchev–Trinajstić information content (AvgIpc) is 3.24. The molecule has 0 atom stereocenters. The van der Waals surface area contributed by atoms with E-state index in [2.05, 4.69) is 5.32 Å². The molecule has 4 nitrogen and oxygen atoms in total. The van der Waals surface area contributed by atoms with Crippen LogP contribution in [0.2, 0.25) is 0 Å². The van der Waals surface area contributed by atoms with Crippen LogP contribution in [0.5, 0.6) is 5.75 Å². The van der Waals surface area contributed by atoms with Crippen LogP contribution in [0, 0.1) is 0 Å². The van der Waals surface area contributed by atoms with Crippen molar-refractivity contribution in [1.29, 1.82) is 0 Å². The number of carbonyl (C=O) groups is 1. The Hall–Kier alpha value is -3.18. The van der Waals surface area contributed by atoms with Crippen LogP contribution in [0.15, 0.2) is 72.1 Å². The average molecular weight is 374 g/mol. The molecule has 0 saturated heterocycles. The summed E-state index contributed by atoms with van der Waals surface area (Å²) in [6, 6.07) is 20.9. The number of hydrogen-bond donors (Lipinski definition) is 1. The van der Waals surface area contributed by atoms with Gasteiger partial charge >= 0.3 is 0 Å². The quantitative estimate of drug-likeness (QED) is 0.494. The van der Waals surface area contributed by atoms with E-state index in [0.29, 0.717) is 12.2 Å². The van der Waals surface area contributed by atoms with Gasteiger partial charge in [-0.3, -0.25) is 4.79 Å². The van der Waals surface area contributed by atoms with Gasteiger partial charge in [-0.15, -0.1) is 11.3 Å². The Morgan fingerprint density at radius 3 is 2.63 bits per heavy atom. The fourth-order valence-electron chi connectivity index (χ4n) is 2.91. The van der Waals surface area contributed by atoms with Crippen LogP contribution in [-0.2, 0) is 0 Å². The number of rotatable bonds is 5. The van der Waals surface area contributed by atoms with Crippen molar-refractivity contribution in [1.82, 2.24) is 4.98 Å². The van der Waals surface area contributed by atoms with Crippen LogP contribution in [0.1, 0.15) is 17.3 Å². The molecule has 5 heteroatoms. The third-order valence-corrected chi connectivity index (χ3v) is 5.05. The van der Waals surface area contributed by atoms with Crippen molar-refractivity contribution in [3.63, 3.8) is 0 Å². The van der Waals surface area contributed by atoms with Crippen LogP contribution in [0.25, 0.3) is 21.5 Å². The second-order valence-electron chi connectivity index (χ2n) is 5.96. The molecule has 27 heavy (non-hydrogen) atoms. The smallest absolute Gasteiger partial charge is 0.256 e. The number of amides is 1. The van der Waals surface area contributed by atoms with Gasteiger partial charge in [0.1, 0.15) is 5.75 Å². The van der Waals surface area contributed by atoms with Crippen molar-refractivity contribution in [3.8, 4) is 16.3 Å². The Kier molecular flexibility index (Phi) is 4.85. The minimum atomic E-state index is -0.157. The molecule has 2 aromatic carbocycles. The molecule has 0 spiro atoms. The zero-order valence-electron chi connectivity index (χ0n) is 14.8. The molecule has 1 N–H and O–H groups in total. The lowest BCUT2D eigenvalue weighted by Crippen LogP contribution is -2.13. The molecular formula is C22H18N2O2S. The summed E-state index contributed by atoms with van der Waals surface area (Å²) >= 11 is 1.61. The number of aromatic nitrogens is 1. The largest absolute Gasteiger partial charge is 0.494 e. The van der Waals surface area contributed by atoms with Crippen molar-refractivity contribution in [3.05, 3.63) is 77.7 Å². The number of hydrogen-bond acceptors (Lipinski definition) is 4. The maximum Gasteiger partial charge on any atom is 0.256 e. The molecule has 134 valence electrons. The second-order valence-corrected chi connectivity index (χ2v) is 6.91. The van der Waals surface area contributed by atoms with E-state index in [4.69, 9.17) is 9.72 Å². The SMILES string of the molecule is CCOc1ccc(NC(=O)c2cc(-c3cccs3)nc3ccccc23)cc1. The predicted octanol–water partition coefficient (Wildman–Crippen LogP) is 5.61. The number of carbonyl (C=O) groups excluding carboxylic acids is 1. The molecule has 0 aliphatic rings. The summed E-state index contributed by atoms with van der Waals surface area (Å²) in [6.45, 7) is 2.55. The van der Waals surface area contributed by atoms with Gasteiger partial charge in [-0.05, 0) is 54.8 Å². The maximum absolute atomic E-state index is 13.0. The number of benzene rings is 2. The summed E-state index contributed by atoms with van der Waals surface area (Å²) in [5.41, 5.74) is 2.95. The molecule has 2 aromatic heterocycles. The van der Waals surface area contributed by atoms with Gasteiger partial charge in [0, 0.05) is 11.1 Å². The molecule has 0 bridgehead atoms. The van der Waals surface area contributed by atoms with E-state index in [0.717, 1.165) is 32.9 Å². The van der Waals surface area contributed by atoms with E-state index in [-0.39, 0.29) is 5.91 Å². The van der Waals surface area contributed by atoms with Gasteiger partial charge in [-0.25, -0.2) is 4.98 Å². The highest BCUT2D eigenvalue weighted by atomic mass is 32.1. The lowest BCUT2D eigenvalue weighted by Gasteiger charge is -2.10. The van der Waals surface area contributed by atoms with Gasteiger partial charge < -0.3 is 10.1 Å². The maximum atomic E-state index is 13.0.